The number of nitro groups is 1. The van der Waals surface area contributed by atoms with E-state index in [4.69, 9.17) is 0 Å². The summed E-state index contributed by atoms with van der Waals surface area (Å²) < 4.78 is 2.26. The van der Waals surface area contributed by atoms with Crippen LogP contribution in [0.15, 0.2) is 35.1 Å². The molecule has 16 heavy (non-hydrogen) atoms. The Morgan fingerprint density at radius 2 is 2.25 bits per heavy atom. The molecule has 5 nitrogen and oxygen atoms in total. The zero-order valence-corrected chi connectivity index (χ0v) is 10.0. The van der Waals surface area contributed by atoms with Gasteiger partial charge in [0.15, 0.2) is 0 Å². The molecule has 0 aliphatic rings. The van der Waals surface area contributed by atoms with Crippen molar-refractivity contribution in [2.45, 2.75) is 6.92 Å². The van der Waals surface area contributed by atoms with Crippen LogP contribution < -0.4 is 0 Å². The molecule has 0 fully saturated rings. The minimum Gasteiger partial charge on any atom is -0.258 e. The van der Waals surface area contributed by atoms with Crippen molar-refractivity contribution in [1.29, 1.82) is 0 Å². The molecule has 1 aromatic carbocycles. The van der Waals surface area contributed by atoms with Crippen molar-refractivity contribution in [3.63, 3.8) is 0 Å². The van der Waals surface area contributed by atoms with Gasteiger partial charge in [0, 0.05) is 11.8 Å². The normalized spacial score (nSPS) is 10.4. The van der Waals surface area contributed by atoms with Gasteiger partial charge in [-0.15, -0.1) is 0 Å². The molecule has 0 unspecified atom stereocenters. The molecule has 0 radical (unpaired) electrons. The van der Waals surface area contributed by atoms with E-state index in [9.17, 15) is 10.1 Å². The van der Waals surface area contributed by atoms with Crippen molar-refractivity contribution in [3.05, 3.63) is 50.7 Å². The van der Waals surface area contributed by atoms with Crippen molar-refractivity contribution in [2.24, 2.45) is 0 Å². The molecular formula is C10H8BrN3O2. The van der Waals surface area contributed by atoms with E-state index < -0.39 is 0 Å². The number of hydrogen-bond acceptors (Lipinski definition) is 3. The summed E-state index contributed by atoms with van der Waals surface area (Å²) >= 11 is 3.26. The fourth-order valence-electron chi connectivity index (χ4n) is 1.50. The highest BCUT2D eigenvalue weighted by atomic mass is 79.9. The lowest BCUT2D eigenvalue weighted by Gasteiger charge is -2.04. The standard InChI is InChI=1S/C10H8BrN3O2/c1-7-3-2-4-9(10(7)14(15)16)13-6-8(11)5-12-13/h2-6H,1H3. The van der Waals surface area contributed by atoms with Crippen molar-refractivity contribution >= 4 is 21.6 Å². The predicted octanol–water partition coefficient (Wildman–Crippen LogP) is 2.85. The maximum atomic E-state index is 11.0. The number of nitrogens with zero attached hydrogens (tertiary/aromatic N) is 3. The molecule has 0 saturated carbocycles. The number of hydrogen-bond donors (Lipinski definition) is 0. The van der Waals surface area contributed by atoms with Crippen LogP contribution in [0.25, 0.3) is 5.69 Å². The number of nitro benzene ring substituents is 1. The van der Waals surface area contributed by atoms with E-state index in [1.54, 1.807) is 37.5 Å². The number of aromatic nitrogens is 2. The Kier molecular flexibility index (Phi) is 2.74. The maximum Gasteiger partial charge on any atom is 0.297 e. The van der Waals surface area contributed by atoms with Crippen LogP contribution in [0.3, 0.4) is 0 Å². The Labute approximate surface area is 100.0 Å². The summed E-state index contributed by atoms with van der Waals surface area (Å²) in [5.74, 6) is 0. The van der Waals surface area contributed by atoms with Gasteiger partial charge < -0.3 is 0 Å². The first kappa shape index (κ1) is 10.8. The number of rotatable bonds is 2. The van der Waals surface area contributed by atoms with Gasteiger partial charge in [-0.3, -0.25) is 10.1 Å². The smallest absolute Gasteiger partial charge is 0.258 e. The van der Waals surface area contributed by atoms with Gasteiger partial charge in [-0.25, -0.2) is 4.68 Å². The highest BCUT2D eigenvalue weighted by Crippen LogP contribution is 2.26. The second kappa shape index (κ2) is 4.05. The lowest BCUT2D eigenvalue weighted by atomic mass is 10.2. The first-order valence-electron chi connectivity index (χ1n) is 4.54. The van der Waals surface area contributed by atoms with Crippen LogP contribution in [0, 0.1) is 17.0 Å². The van der Waals surface area contributed by atoms with Crippen LogP contribution in [0.4, 0.5) is 5.69 Å². The van der Waals surface area contributed by atoms with E-state index in [1.165, 1.54) is 4.68 Å². The first-order valence-corrected chi connectivity index (χ1v) is 5.33. The zero-order chi connectivity index (χ0) is 11.7. The quantitative estimate of drug-likeness (QED) is 0.628. The lowest BCUT2D eigenvalue weighted by molar-refractivity contribution is -0.385. The third kappa shape index (κ3) is 1.83. The van der Waals surface area contributed by atoms with Gasteiger partial charge in [-0.1, -0.05) is 12.1 Å². The monoisotopic (exact) mass is 281 g/mol. The van der Waals surface area contributed by atoms with Gasteiger partial charge in [0.05, 0.1) is 15.6 Å². The third-order valence-corrected chi connectivity index (χ3v) is 2.61. The zero-order valence-electron chi connectivity index (χ0n) is 8.42. The van der Waals surface area contributed by atoms with Gasteiger partial charge >= 0.3 is 0 Å². The summed E-state index contributed by atoms with van der Waals surface area (Å²) in [6.45, 7) is 1.71. The van der Waals surface area contributed by atoms with Crippen molar-refractivity contribution in [1.82, 2.24) is 9.78 Å². The molecule has 0 bridgehead atoms. The number of para-hydroxylation sites is 1. The summed E-state index contributed by atoms with van der Waals surface area (Å²) in [5.41, 5.74) is 1.17. The maximum absolute atomic E-state index is 11.0. The van der Waals surface area contributed by atoms with E-state index in [0.717, 1.165) is 4.47 Å². The molecule has 0 N–H and O–H groups in total. The van der Waals surface area contributed by atoms with Gasteiger partial charge in [0.2, 0.25) is 0 Å². The molecular weight excluding hydrogens is 274 g/mol. The molecule has 1 heterocycles. The molecule has 0 atom stereocenters. The Hall–Kier alpha value is -1.69. The fraction of sp³-hybridized carbons (Fsp3) is 0.100. The minimum absolute atomic E-state index is 0.0816. The van der Waals surface area contributed by atoms with Crippen LogP contribution in [-0.4, -0.2) is 14.7 Å². The summed E-state index contributed by atoms with van der Waals surface area (Å²) in [6, 6.07) is 5.15. The SMILES string of the molecule is Cc1cccc(-n2cc(Br)cn2)c1[N+](=O)[O-]. The minimum atomic E-state index is -0.389. The molecule has 0 saturated heterocycles. The van der Waals surface area contributed by atoms with Gasteiger partial charge in [0.1, 0.15) is 5.69 Å². The Balaban J connectivity index is 2.65. The van der Waals surface area contributed by atoms with E-state index in [1.807, 2.05) is 0 Å². The molecule has 2 aromatic rings. The first-order chi connectivity index (χ1) is 7.59. The molecule has 0 aliphatic heterocycles. The average Bonchev–Trinajstić information content (AvgIpc) is 2.63. The van der Waals surface area contributed by atoms with Gasteiger partial charge in [-0.2, -0.15) is 5.10 Å². The lowest BCUT2D eigenvalue weighted by Crippen LogP contribution is -2.02. The molecule has 2 rings (SSSR count). The highest BCUT2D eigenvalue weighted by molar-refractivity contribution is 9.10. The van der Waals surface area contributed by atoms with Gasteiger partial charge in [-0.05, 0) is 28.9 Å². The van der Waals surface area contributed by atoms with Crippen LogP contribution in [0.2, 0.25) is 0 Å². The number of benzene rings is 1. The number of halogens is 1. The molecule has 0 spiro atoms. The second-order valence-corrected chi connectivity index (χ2v) is 4.22. The topological polar surface area (TPSA) is 61.0 Å². The molecule has 82 valence electrons. The van der Waals surface area contributed by atoms with Crippen molar-refractivity contribution < 1.29 is 4.92 Å². The predicted molar refractivity (Wildman–Crippen MR) is 62.7 cm³/mol. The summed E-state index contributed by atoms with van der Waals surface area (Å²) in [6.07, 6.45) is 3.27. The Morgan fingerprint density at radius 1 is 1.50 bits per heavy atom. The van der Waals surface area contributed by atoms with Gasteiger partial charge in [0.25, 0.3) is 5.69 Å². The summed E-state index contributed by atoms with van der Waals surface area (Å²) in [4.78, 5) is 10.6. The summed E-state index contributed by atoms with van der Waals surface area (Å²) in [7, 11) is 0. The average molecular weight is 282 g/mol. The molecule has 1 aromatic heterocycles. The molecule has 6 heteroatoms. The molecule has 0 amide bonds. The fourth-order valence-corrected chi connectivity index (χ4v) is 1.78. The highest BCUT2D eigenvalue weighted by Gasteiger charge is 2.18. The largest absolute Gasteiger partial charge is 0.297 e. The van der Waals surface area contributed by atoms with Crippen molar-refractivity contribution in [3.8, 4) is 5.69 Å². The van der Waals surface area contributed by atoms with Crippen LogP contribution >= 0.6 is 15.9 Å². The third-order valence-electron chi connectivity index (χ3n) is 2.20. The van der Waals surface area contributed by atoms with Crippen LogP contribution in [0.1, 0.15) is 5.56 Å². The Bertz CT molecular complexity index is 551. The second-order valence-electron chi connectivity index (χ2n) is 3.30. The van der Waals surface area contributed by atoms with E-state index in [0.29, 0.717) is 11.3 Å². The Morgan fingerprint density at radius 3 is 2.81 bits per heavy atom. The van der Waals surface area contributed by atoms with Crippen molar-refractivity contribution in [2.75, 3.05) is 0 Å². The van der Waals surface area contributed by atoms with E-state index >= 15 is 0 Å². The summed E-state index contributed by atoms with van der Waals surface area (Å²) in [5, 5.41) is 15.0. The van der Waals surface area contributed by atoms with Crippen LogP contribution in [0.5, 0.6) is 0 Å². The number of aryl methyl sites for hydroxylation is 1. The van der Waals surface area contributed by atoms with E-state index in [-0.39, 0.29) is 10.6 Å². The van der Waals surface area contributed by atoms with Crippen LogP contribution in [-0.2, 0) is 0 Å². The molecule has 0 aliphatic carbocycles. The van der Waals surface area contributed by atoms with E-state index in [2.05, 4.69) is 21.0 Å².